The topological polar surface area (TPSA) is 504 Å². The van der Waals surface area contributed by atoms with Gasteiger partial charge in [-0.3, -0.25) is 9.80 Å². The van der Waals surface area contributed by atoms with Crippen molar-refractivity contribution in [3.63, 3.8) is 0 Å². The Morgan fingerprint density at radius 1 is 0.151 bits per heavy atom. The first-order chi connectivity index (χ1) is 52.0. The molecule has 0 saturated carbocycles. The van der Waals surface area contributed by atoms with Crippen LogP contribution in [0.2, 0.25) is 0 Å². The predicted molar refractivity (Wildman–Crippen MR) is 444 cm³/mol. The second-order valence-electron chi connectivity index (χ2n) is 28.3. The fraction of sp³-hybridized carbons (Fsp3) is 1.00. The fourth-order valence-electron chi connectivity index (χ4n) is 12.9. The minimum Gasteiger partial charge on any atom is -0.377 e. The van der Waals surface area contributed by atoms with E-state index >= 15 is 0 Å². The lowest BCUT2D eigenvalue weighted by Crippen LogP contribution is -2.54. The first kappa shape index (κ1) is 105. The van der Waals surface area contributed by atoms with Crippen LogP contribution in [-0.2, 0) is 28.4 Å². The normalized spacial score (nSPS) is 13.6. The minimum absolute atomic E-state index is 0.209. The number of hydrogen-bond donors (Lipinski definition) is 16. The summed E-state index contributed by atoms with van der Waals surface area (Å²) >= 11 is 0. The lowest BCUT2D eigenvalue weighted by Gasteiger charge is -2.39. The van der Waals surface area contributed by atoms with Crippen LogP contribution < -0.4 is 91.7 Å². The summed E-state index contributed by atoms with van der Waals surface area (Å²) < 4.78 is 44.0. The van der Waals surface area contributed by atoms with Gasteiger partial charge in [0, 0.05) is 91.6 Å². The maximum atomic E-state index is 7.54. The van der Waals surface area contributed by atoms with Gasteiger partial charge in [0.15, 0.2) is 0 Å². The highest BCUT2D eigenvalue weighted by Gasteiger charge is 2.39. The Kier molecular flexibility index (Phi) is 79.4. The molecular weight excluding hydrogens is 1350 g/mol. The second-order valence-corrected chi connectivity index (χ2v) is 28.3. The van der Waals surface area contributed by atoms with Crippen LogP contribution in [0.4, 0.5) is 0 Å². The second kappa shape index (κ2) is 80.3. The van der Waals surface area contributed by atoms with Crippen LogP contribution in [0.25, 0.3) is 0 Å². The summed E-state index contributed by atoms with van der Waals surface area (Å²) in [4.78, 5) is 24.7. The van der Waals surface area contributed by atoms with Gasteiger partial charge in [0.25, 0.3) is 0 Å². The summed E-state index contributed by atoms with van der Waals surface area (Å²) in [6.07, 6.45) is 11.4. The number of ether oxygens (including phenoxy) is 6. The van der Waals surface area contributed by atoms with Crippen molar-refractivity contribution in [2.24, 2.45) is 91.7 Å². The molecule has 0 amide bonds. The summed E-state index contributed by atoms with van der Waals surface area (Å²) in [6.45, 7) is 37.2. The van der Waals surface area contributed by atoms with Crippen molar-refractivity contribution < 1.29 is 28.4 Å². The maximum Gasteiger partial charge on any atom is 0.115 e. The van der Waals surface area contributed by atoms with E-state index in [1.54, 1.807) is 0 Å². The van der Waals surface area contributed by atoms with E-state index in [0.29, 0.717) is 184 Å². The molecule has 0 aliphatic heterocycles. The van der Waals surface area contributed by atoms with Crippen molar-refractivity contribution in [3.05, 3.63) is 0 Å². The van der Waals surface area contributed by atoms with E-state index in [-0.39, 0.29) is 13.2 Å². The molecule has 0 aromatic heterocycles. The van der Waals surface area contributed by atoms with E-state index in [0.717, 1.165) is 260 Å². The maximum absolute atomic E-state index is 7.54. The van der Waals surface area contributed by atoms with Gasteiger partial charge in [0.2, 0.25) is 0 Å². The number of hydrogen-bond acceptors (Lipinski definition) is 32. The standard InChI is InChI=1S/C74H176N26O6/c75-17-1-33-91(34-2-18-76)49-53-99(54-50-92(35-3-19-77)36-4-20-78)57-63-101-69-71(103-65-59-95(41-9-25-83)42-10-26-84)73(105-67-61-97(45-13-29-87)46-14-30-88)74(106-68-62-98(47-15-31-89)48-16-32-90)72(104-66-60-96(43-11-27-85)44-12-28-86)70-102-64-58-100(55-51-93(37-5-21-79)38-6-22-80)56-52-94(39-7-23-81)40-8-24-82/h71-74H,1-70,75-90H2/t71-,72+,73-,74-/m1/s1. The van der Waals surface area contributed by atoms with Crippen molar-refractivity contribution in [1.82, 2.24) is 49.0 Å². The van der Waals surface area contributed by atoms with Gasteiger partial charge in [-0.2, -0.15) is 0 Å². The SMILES string of the molecule is NCCCN(CCCN)CCO[C@@H]([C@H](OCCN(CCCN)CCCN)[C@@H](COCCN(CCN(CCCN)CCCN)CCN(CCCN)CCCN)OCCN(CCCN)CCCN)[C@H](COCCN(CCN(CCCN)CCCN)CCN(CCCN)CCCN)OCCN(CCCN)CCCN. The van der Waals surface area contributed by atoms with Gasteiger partial charge in [-0.15, -0.1) is 0 Å². The van der Waals surface area contributed by atoms with Crippen LogP contribution in [-0.4, -0.2) is 427 Å². The molecule has 0 radical (unpaired) electrons. The highest BCUT2D eigenvalue weighted by molar-refractivity contribution is 4.88. The summed E-state index contributed by atoms with van der Waals surface area (Å²) in [5.74, 6) is 0. The van der Waals surface area contributed by atoms with Crippen LogP contribution in [0, 0.1) is 0 Å². The lowest BCUT2D eigenvalue weighted by molar-refractivity contribution is -0.199. The zero-order valence-electron chi connectivity index (χ0n) is 68.0. The van der Waals surface area contributed by atoms with Gasteiger partial charge in [0.05, 0.1) is 52.9 Å². The number of nitrogens with zero attached hydrogens (tertiary/aromatic N) is 10. The zero-order chi connectivity index (χ0) is 77.8. The Bertz CT molecular complexity index is 1510. The van der Waals surface area contributed by atoms with Crippen LogP contribution in [0.15, 0.2) is 0 Å². The first-order valence-corrected chi connectivity index (χ1v) is 42.1. The van der Waals surface area contributed by atoms with Gasteiger partial charge in [-0.05, 0) is 312 Å². The smallest absolute Gasteiger partial charge is 0.115 e. The molecule has 0 bridgehead atoms. The third-order valence-corrected chi connectivity index (χ3v) is 19.4. The van der Waals surface area contributed by atoms with Gasteiger partial charge in [0.1, 0.15) is 24.4 Å². The summed E-state index contributed by atoms with van der Waals surface area (Å²) in [5.41, 5.74) is 98.1. The van der Waals surface area contributed by atoms with Gasteiger partial charge >= 0.3 is 0 Å². The van der Waals surface area contributed by atoms with Crippen LogP contribution in [0.1, 0.15) is 103 Å². The molecule has 106 heavy (non-hydrogen) atoms. The molecule has 0 saturated heterocycles. The molecular formula is C74H176N26O6. The molecule has 0 spiro atoms. The molecule has 4 atom stereocenters. The molecule has 0 unspecified atom stereocenters. The highest BCUT2D eigenvalue weighted by atomic mass is 16.6. The quantitative estimate of drug-likeness (QED) is 0.0254. The molecule has 0 aliphatic carbocycles. The molecule has 32 N–H and O–H groups in total. The molecule has 638 valence electrons. The predicted octanol–water partition coefficient (Wildman–Crippen LogP) is -4.84. The van der Waals surface area contributed by atoms with E-state index in [1.807, 2.05) is 0 Å². The summed E-state index contributed by atoms with van der Waals surface area (Å²) in [5, 5.41) is 0. The molecule has 0 fully saturated rings. The lowest BCUT2D eigenvalue weighted by atomic mass is 10.0. The average Bonchev–Trinajstić information content (AvgIpc) is 0.839. The Labute approximate surface area is 647 Å². The summed E-state index contributed by atoms with van der Waals surface area (Å²) in [6, 6.07) is 0. The summed E-state index contributed by atoms with van der Waals surface area (Å²) in [7, 11) is 0. The highest BCUT2D eigenvalue weighted by Crippen LogP contribution is 2.22. The van der Waals surface area contributed by atoms with Crippen LogP contribution >= 0.6 is 0 Å². The average molecular weight is 1530 g/mol. The number of nitrogens with two attached hydrogens (primary N) is 16. The van der Waals surface area contributed by atoms with E-state index in [1.165, 1.54) is 0 Å². The van der Waals surface area contributed by atoms with Gasteiger partial charge < -0.3 is 159 Å². The van der Waals surface area contributed by atoms with E-state index in [4.69, 9.17) is 120 Å². The molecule has 0 heterocycles. The Morgan fingerprint density at radius 3 is 0.443 bits per heavy atom. The molecule has 0 aromatic rings. The van der Waals surface area contributed by atoms with E-state index < -0.39 is 24.4 Å². The van der Waals surface area contributed by atoms with E-state index in [9.17, 15) is 0 Å². The Hall–Kier alpha value is -1.28. The van der Waals surface area contributed by atoms with Crippen LogP contribution in [0.3, 0.4) is 0 Å². The fourth-order valence-corrected chi connectivity index (χ4v) is 12.9. The van der Waals surface area contributed by atoms with Crippen molar-refractivity contribution in [3.8, 4) is 0 Å². The van der Waals surface area contributed by atoms with Crippen molar-refractivity contribution in [2.75, 3.05) is 354 Å². The molecule has 0 rings (SSSR count). The minimum atomic E-state index is -0.723. The van der Waals surface area contributed by atoms with Crippen molar-refractivity contribution in [2.45, 2.75) is 127 Å². The third-order valence-electron chi connectivity index (χ3n) is 19.4. The van der Waals surface area contributed by atoms with Crippen molar-refractivity contribution in [1.29, 1.82) is 0 Å². The Balaban J connectivity index is 8.68. The first-order valence-electron chi connectivity index (χ1n) is 42.1. The third kappa shape index (κ3) is 60.3. The van der Waals surface area contributed by atoms with Crippen LogP contribution in [0.5, 0.6) is 0 Å². The largest absolute Gasteiger partial charge is 0.377 e. The van der Waals surface area contributed by atoms with Gasteiger partial charge in [-0.25, -0.2) is 0 Å². The van der Waals surface area contributed by atoms with Crippen molar-refractivity contribution >= 4 is 0 Å². The monoisotopic (exact) mass is 1530 g/mol. The van der Waals surface area contributed by atoms with E-state index in [2.05, 4.69) is 49.0 Å². The molecule has 32 nitrogen and oxygen atoms in total. The molecule has 0 aromatic carbocycles. The molecule has 0 aliphatic rings. The van der Waals surface area contributed by atoms with Gasteiger partial charge in [-0.1, -0.05) is 0 Å². The molecule has 32 heteroatoms. The number of rotatable bonds is 89. The Morgan fingerprint density at radius 2 is 0.283 bits per heavy atom. The zero-order valence-corrected chi connectivity index (χ0v) is 68.0.